The maximum atomic E-state index is 2.53. The van der Waals surface area contributed by atoms with E-state index in [1.54, 1.807) is 32.1 Å². The van der Waals surface area contributed by atoms with Gasteiger partial charge >= 0.3 is 101 Å². The van der Waals surface area contributed by atoms with E-state index in [4.69, 9.17) is 0 Å². The van der Waals surface area contributed by atoms with Gasteiger partial charge in [-0.05, 0) is 0 Å². The summed E-state index contributed by atoms with van der Waals surface area (Å²) < 4.78 is 0.910. The van der Waals surface area contributed by atoms with Crippen LogP contribution >= 0.6 is 0 Å². The number of hydrogen-bond acceptors (Lipinski definition) is 0. The third-order valence-corrected chi connectivity index (χ3v) is 14.0. The first-order chi connectivity index (χ1) is 6.78. The fraction of sp³-hybridized carbons (Fsp3) is 1.00. The molecule has 80 valence electrons. The summed E-state index contributed by atoms with van der Waals surface area (Å²) in [6.45, 7) is 0. The van der Waals surface area contributed by atoms with E-state index in [1.165, 1.54) is 11.8 Å². The first kappa shape index (κ1) is 10.2. The average Bonchev–Trinajstić information content (AvgIpc) is 2.18. The Hall–Kier alpha value is 1.04. The molecule has 4 saturated carbocycles. The summed E-state index contributed by atoms with van der Waals surface area (Å²) in [6.07, 6.45) is 8.10. The van der Waals surface area contributed by atoms with Gasteiger partial charge in [-0.25, -0.2) is 0 Å². The summed E-state index contributed by atoms with van der Waals surface area (Å²) in [5.74, 6) is 9.73. The van der Waals surface area contributed by atoms with Crippen molar-refractivity contribution in [2.75, 3.05) is 0 Å². The summed E-state index contributed by atoms with van der Waals surface area (Å²) >= 11 is 1.84. The number of rotatable bonds is 2. The van der Waals surface area contributed by atoms with E-state index >= 15 is 0 Å². The molecular weight excluding hydrogens is 302 g/mol. The van der Waals surface area contributed by atoms with Gasteiger partial charge in [0.25, 0.3) is 0 Å². The SMILES string of the molecule is C[Se]C1([Se]C)C2CC3CC(C2)CC1C3. The van der Waals surface area contributed by atoms with E-state index in [-0.39, 0.29) is 0 Å². The molecule has 4 aliphatic rings. The standard InChI is InChI=1S/C12H20Se2/c1-13-12(14-2)10-4-8-3-9(6-10)7-11(12)5-8/h8-11H,3-7H2,1-2H3. The average molecular weight is 322 g/mol. The summed E-state index contributed by atoms with van der Waals surface area (Å²) in [5, 5.41) is 0. The summed E-state index contributed by atoms with van der Waals surface area (Å²) in [5.41, 5.74) is 0. The molecule has 0 saturated heterocycles. The van der Waals surface area contributed by atoms with Crippen LogP contribution in [-0.2, 0) is 0 Å². The molecule has 4 rings (SSSR count). The van der Waals surface area contributed by atoms with E-state index in [1.807, 2.05) is 0 Å². The molecule has 0 aromatic heterocycles. The third-order valence-electron chi connectivity index (χ3n) is 4.91. The molecular formula is C12H20Se2. The van der Waals surface area contributed by atoms with Crippen LogP contribution in [0, 0.1) is 23.7 Å². The zero-order valence-corrected chi connectivity index (χ0v) is 12.6. The predicted molar refractivity (Wildman–Crippen MR) is 63.0 cm³/mol. The van der Waals surface area contributed by atoms with Gasteiger partial charge in [-0.2, -0.15) is 0 Å². The van der Waals surface area contributed by atoms with Crippen LogP contribution < -0.4 is 0 Å². The fourth-order valence-electron chi connectivity index (χ4n) is 4.59. The van der Waals surface area contributed by atoms with Gasteiger partial charge in [-0.3, -0.25) is 0 Å². The molecule has 2 heteroatoms. The first-order valence-electron chi connectivity index (χ1n) is 5.88. The molecule has 4 aliphatic carbocycles. The van der Waals surface area contributed by atoms with Crippen LogP contribution in [0.2, 0.25) is 14.9 Å². The fourth-order valence-corrected chi connectivity index (χ4v) is 11.2. The molecule has 0 spiro atoms. The summed E-state index contributed by atoms with van der Waals surface area (Å²) in [4.78, 5) is 0. The van der Waals surface area contributed by atoms with Crippen molar-refractivity contribution in [2.24, 2.45) is 23.7 Å². The van der Waals surface area contributed by atoms with Crippen LogP contribution in [0.3, 0.4) is 0 Å². The van der Waals surface area contributed by atoms with Crippen molar-refractivity contribution in [1.82, 2.24) is 0 Å². The summed E-state index contributed by atoms with van der Waals surface area (Å²) in [7, 11) is 0. The molecule has 0 N–H and O–H groups in total. The van der Waals surface area contributed by atoms with Crippen molar-refractivity contribution < 1.29 is 0 Å². The van der Waals surface area contributed by atoms with Crippen molar-refractivity contribution >= 4 is 29.9 Å². The quantitative estimate of drug-likeness (QED) is 0.686. The molecule has 0 heterocycles. The van der Waals surface area contributed by atoms with Crippen molar-refractivity contribution in [3.05, 3.63) is 0 Å². The Labute approximate surface area is 100 Å². The Morgan fingerprint density at radius 1 is 0.786 bits per heavy atom. The molecule has 0 unspecified atom stereocenters. The minimum absolute atomic E-state index is 0.910. The molecule has 0 nitrogen and oxygen atoms in total. The van der Waals surface area contributed by atoms with Crippen LogP contribution in [0.25, 0.3) is 0 Å². The molecule has 4 bridgehead atoms. The molecule has 14 heavy (non-hydrogen) atoms. The van der Waals surface area contributed by atoms with Crippen LogP contribution in [0.4, 0.5) is 0 Å². The predicted octanol–water partition coefficient (Wildman–Crippen LogP) is 3.06. The van der Waals surface area contributed by atoms with E-state index in [0.717, 1.165) is 45.0 Å². The first-order valence-corrected chi connectivity index (χ1v) is 11.0. The second kappa shape index (κ2) is 3.52. The maximum absolute atomic E-state index is 2.53. The Kier molecular flexibility index (Phi) is 2.57. The van der Waals surface area contributed by atoms with Gasteiger partial charge in [0, 0.05) is 0 Å². The molecule has 0 radical (unpaired) electrons. The molecule has 0 aromatic carbocycles. The van der Waals surface area contributed by atoms with Crippen LogP contribution in [0.5, 0.6) is 0 Å². The normalized spacial score (nSPS) is 48.4. The van der Waals surface area contributed by atoms with Crippen LogP contribution in [-0.4, -0.2) is 29.9 Å². The Balaban J connectivity index is 1.93. The Morgan fingerprint density at radius 2 is 1.21 bits per heavy atom. The van der Waals surface area contributed by atoms with Crippen molar-refractivity contribution in [2.45, 2.75) is 47.0 Å². The van der Waals surface area contributed by atoms with Crippen molar-refractivity contribution in [3.8, 4) is 0 Å². The second-order valence-corrected chi connectivity index (χ2v) is 11.3. The van der Waals surface area contributed by atoms with E-state index in [9.17, 15) is 0 Å². The van der Waals surface area contributed by atoms with E-state index in [0.29, 0.717) is 0 Å². The van der Waals surface area contributed by atoms with Gasteiger partial charge in [0.15, 0.2) is 0 Å². The third kappa shape index (κ3) is 1.24. The minimum atomic E-state index is 0.910. The Morgan fingerprint density at radius 3 is 1.57 bits per heavy atom. The molecule has 0 aromatic rings. The Bertz CT molecular complexity index is 202. The molecule has 0 aliphatic heterocycles. The number of hydrogen-bond donors (Lipinski definition) is 0. The second-order valence-electron chi connectivity index (χ2n) is 5.43. The van der Waals surface area contributed by atoms with Gasteiger partial charge in [0.05, 0.1) is 0 Å². The van der Waals surface area contributed by atoms with Crippen LogP contribution in [0.1, 0.15) is 32.1 Å². The van der Waals surface area contributed by atoms with E-state index in [2.05, 4.69) is 11.6 Å². The molecule has 4 fully saturated rings. The zero-order chi connectivity index (χ0) is 9.76. The monoisotopic (exact) mass is 324 g/mol. The summed E-state index contributed by atoms with van der Waals surface area (Å²) in [6, 6.07) is 0. The van der Waals surface area contributed by atoms with Gasteiger partial charge in [0.1, 0.15) is 0 Å². The van der Waals surface area contributed by atoms with Gasteiger partial charge < -0.3 is 0 Å². The van der Waals surface area contributed by atoms with E-state index < -0.39 is 0 Å². The van der Waals surface area contributed by atoms with Gasteiger partial charge in [-0.1, -0.05) is 0 Å². The van der Waals surface area contributed by atoms with Crippen molar-refractivity contribution in [1.29, 1.82) is 0 Å². The molecule has 0 amide bonds. The van der Waals surface area contributed by atoms with Crippen LogP contribution in [0.15, 0.2) is 0 Å². The van der Waals surface area contributed by atoms with Crippen molar-refractivity contribution in [3.63, 3.8) is 0 Å². The topological polar surface area (TPSA) is 0 Å². The zero-order valence-electron chi connectivity index (χ0n) is 9.16. The van der Waals surface area contributed by atoms with Gasteiger partial charge in [-0.15, -0.1) is 0 Å². The van der Waals surface area contributed by atoms with Gasteiger partial charge in [0.2, 0.25) is 0 Å². The molecule has 0 atom stereocenters.